The van der Waals surface area contributed by atoms with Crippen LogP contribution in [0.15, 0.2) is 73.7 Å². The van der Waals surface area contributed by atoms with E-state index in [-0.39, 0.29) is 5.91 Å². The lowest BCUT2D eigenvalue weighted by atomic mass is 10.1. The summed E-state index contributed by atoms with van der Waals surface area (Å²) in [5.41, 5.74) is 4.64. The number of amides is 1. The fourth-order valence-electron chi connectivity index (χ4n) is 4.07. The van der Waals surface area contributed by atoms with Crippen LogP contribution in [-0.4, -0.2) is 38.9 Å². The molecular weight excluding hydrogens is 426 g/mol. The van der Waals surface area contributed by atoms with Crippen molar-refractivity contribution in [3.63, 3.8) is 0 Å². The number of nitrogens with one attached hydrogen (secondary N) is 2. The van der Waals surface area contributed by atoms with E-state index in [1.165, 1.54) is 31.0 Å². The minimum atomic E-state index is -0.289. The van der Waals surface area contributed by atoms with Gasteiger partial charge in [-0.25, -0.2) is 9.97 Å². The molecule has 170 valence electrons. The SMILES string of the molecule is C=CC(=O)Nc1ccnc(-c2nccc3cnc(Nc4ccc(N5CCCCC5)cc4)nc23)c1. The average Bonchev–Trinajstić information content (AvgIpc) is 2.89. The van der Waals surface area contributed by atoms with E-state index in [4.69, 9.17) is 4.98 Å². The van der Waals surface area contributed by atoms with Gasteiger partial charge in [-0.1, -0.05) is 6.58 Å². The Bertz CT molecular complexity index is 1330. The summed E-state index contributed by atoms with van der Waals surface area (Å²) < 4.78 is 0. The second-order valence-electron chi connectivity index (χ2n) is 8.13. The number of fused-ring (bicyclic) bond motifs is 1. The molecule has 4 aromatic rings. The molecule has 1 amide bonds. The maximum Gasteiger partial charge on any atom is 0.247 e. The molecule has 1 aliphatic heterocycles. The van der Waals surface area contributed by atoms with Crippen LogP contribution in [0.5, 0.6) is 0 Å². The van der Waals surface area contributed by atoms with Crippen LogP contribution in [0.3, 0.4) is 0 Å². The number of carbonyl (C=O) groups is 1. The van der Waals surface area contributed by atoms with Gasteiger partial charge in [-0.05, 0) is 67.8 Å². The Morgan fingerprint density at radius 2 is 1.74 bits per heavy atom. The van der Waals surface area contributed by atoms with Crippen molar-refractivity contribution in [3.8, 4) is 11.4 Å². The lowest BCUT2D eigenvalue weighted by Crippen LogP contribution is -2.29. The van der Waals surface area contributed by atoms with Gasteiger partial charge in [0.2, 0.25) is 11.9 Å². The highest BCUT2D eigenvalue weighted by molar-refractivity contribution is 5.99. The van der Waals surface area contributed by atoms with Crippen molar-refractivity contribution in [2.75, 3.05) is 28.6 Å². The molecular formula is C26H25N7O. The number of hydrogen-bond acceptors (Lipinski definition) is 7. The third-order valence-electron chi connectivity index (χ3n) is 5.80. The van der Waals surface area contributed by atoms with Crippen LogP contribution in [0.2, 0.25) is 0 Å². The van der Waals surface area contributed by atoms with E-state index < -0.39 is 0 Å². The summed E-state index contributed by atoms with van der Waals surface area (Å²) >= 11 is 0. The zero-order chi connectivity index (χ0) is 23.3. The summed E-state index contributed by atoms with van der Waals surface area (Å²) in [6, 6.07) is 13.7. The lowest BCUT2D eigenvalue weighted by molar-refractivity contribution is -0.111. The van der Waals surface area contributed by atoms with Gasteiger partial charge >= 0.3 is 0 Å². The Labute approximate surface area is 197 Å². The van der Waals surface area contributed by atoms with Crippen molar-refractivity contribution < 1.29 is 4.79 Å². The number of rotatable bonds is 6. The molecule has 1 aromatic carbocycles. The molecule has 5 rings (SSSR count). The summed E-state index contributed by atoms with van der Waals surface area (Å²) in [7, 11) is 0. The second-order valence-corrected chi connectivity index (χ2v) is 8.13. The normalized spacial score (nSPS) is 13.5. The lowest BCUT2D eigenvalue weighted by Gasteiger charge is -2.28. The van der Waals surface area contributed by atoms with Crippen LogP contribution in [-0.2, 0) is 4.79 Å². The van der Waals surface area contributed by atoms with Gasteiger partial charge in [-0.15, -0.1) is 0 Å². The minimum Gasteiger partial charge on any atom is -0.372 e. The first-order chi connectivity index (χ1) is 16.7. The fourth-order valence-corrected chi connectivity index (χ4v) is 4.07. The van der Waals surface area contributed by atoms with Crippen molar-refractivity contribution in [1.29, 1.82) is 0 Å². The maximum absolute atomic E-state index is 11.7. The number of hydrogen-bond donors (Lipinski definition) is 2. The van der Waals surface area contributed by atoms with Crippen LogP contribution >= 0.6 is 0 Å². The number of benzene rings is 1. The summed E-state index contributed by atoms with van der Waals surface area (Å²) in [4.78, 5) is 32.2. The fraction of sp³-hybridized carbons (Fsp3) is 0.192. The molecule has 0 spiro atoms. The van der Waals surface area contributed by atoms with E-state index in [1.54, 1.807) is 30.7 Å². The molecule has 1 saturated heterocycles. The first kappa shape index (κ1) is 21.5. The van der Waals surface area contributed by atoms with Crippen LogP contribution in [0, 0.1) is 0 Å². The summed E-state index contributed by atoms with van der Waals surface area (Å²) in [6.45, 7) is 5.71. The number of pyridine rings is 2. The van der Waals surface area contributed by atoms with Gasteiger partial charge in [-0.2, -0.15) is 0 Å². The third kappa shape index (κ3) is 4.71. The van der Waals surface area contributed by atoms with Crippen LogP contribution in [0.25, 0.3) is 22.3 Å². The first-order valence-corrected chi connectivity index (χ1v) is 11.3. The number of aromatic nitrogens is 4. The molecule has 4 heterocycles. The van der Waals surface area contributed by atoms with Gasteiger partial charge in [0.1, 0.15) is 11.2 Å². The second kappa shape index (κ2) is 9.66. The average molecular weight is 452 g/mol. The number of carbonyl (C=O) groups excluding carboxylic acids is 1. The quantitative estimate of drug-likeness (QED) is 0.401. The highest BCUT2D eigenvalue weighted by Crippen LogP contribution is 2.27. The molecule has 0 unspecified atom stereocenters. The Hall–Kier alpha value is -4.33. The van der Waals surface area contributed by atoms with E-state index in [9.17, 15) is 4.79 Å². The predicted octanol–water partition coefficient (Wildman–Crippen LogP) is 4.95. The predicted molar refractivity (Wildman–Crippen MR) is 135 cm³/mol. The van der Waals surface area contributed by atoms with Gasteiger partial charge in [0, 0.05) is 54.1 Å². The van der Waals surface area contributed by atoms with Crippen molar-refractivity contribution in [2.45, 2.75) is 19.3 Å². The number of nitrogens with zero attached hydrogens (tertiary/aromatic N) is 5. The zero-order valence-electron chi connectivity index (χ0n) is 18.7. The Morgan fingerprint density at radius 1 is 0.941 bits per heavy atom. The summed E-state index contributed by atoms with van der Waals surface area (Å²) in [5, 5.41) is 6.89. The largest absolute Gasteiger partial charge is 0.372 e. The van der Waals surface area contributed by atoms with Gasteiger partial charge in [0.25, 0.3) is 0 Å². The van der Waals surface area contributed by atoms with Crippen molar-refractivity contribution in [3.05, 3.63) is 73.7 Å². The van der Waals surface area contributed by atoms with Crippen molar-refractivity contribution >= 4 is 39.8 Å². The Balaban J connectivity index is 1.41. The smallest absolute Gasteiger partial charge is 0.247 e. The molecule has 0 bridgehead atoms. The molecule has 0 radical (unpaired) electrons. The van der Waals surface area contributed by atoms with E-state index in [2.05, 4.69) is 61.3 Å². The first-order valence-electron chi connectivity index (χ1n) is 11.3. The van der Waals surface area contributed by atoms with Crippen LogP contribution in [0.4, 0.5) is 23.0 Å². The Kier molecular flexibility index (Phi) is 6.11. The molecule has 1 aliphatic rings. The molecule has 0 saturated carbocycles. The van der Waals surface area contributed by atoms with Gasteiger partial charge in [-0.3, -0.25) is 14.8 Å². The molecule has 0 aliphatic carbocycles. The standard InChI is InChI=1S/C26H25N7O/c1-2-23(34)30-20-11-13-27-22(16-20)25-24-18(10-12-28-25)17-29-26(32-24)31-19-6-8-21(9-7-19)33-14-4-3-5-15-33/h2,6-13,16-17H,1,3-5,14-15H2,(H,27,30,34)(H,29,31,32). The molecule has 1 fully saturated rings. The number of piperidine rings is 1. The van der Waals surface area contributed by atoms with E-state index >= 15 is 0 Å². The van der Waals surface area contributed by atoms with Gasteiger partial charge < -0.3 is 15.5 Å². The molecule has 2 N–H and O–H groups in total. The zero-order valence-corrected chi connectivity index (χ0v) is 18.7. The van der Waals surface area contributed by atoms with Crippen molar-refractivity contribution in [1.82, 2.24) is 19.9 Å². The highest BCUT2D eigenvalue weighted by Gasteiger charge is 2.13. The number of anilines is 4. The van der Waals surface area contributed by atoms with Crippen LogP contribution < -0.4 is 15.5 Å². The molecule has 0 atom stereocenters. The van der Waals surface area contributed by atoms with E-state index in [1.807, 2.05) is 6.07 Å². The van der Waals surface area contributed by atoms with Gasteiger partial charge in [0.05, 0.1) is 5.69 Å². The van der Waals surface area contributed by atoms with Crippen LogP contribution in [0.1, 0.15) is 19.3 Å². The monoisotopic (exact) mass is 451 g/mol. The summed E-state index contributed by atoms with van der Waals surface area (Å²) in [5.74, 6) is 0.187. The maximum atomic E-state index is 11.7. The van der Waals surface area contributed by atoms with Gasteiger partial charge in [0.15, 0.2) is 0 Å². The Morgan fingerprint density at radius 3 is 2.53 bits per heavy atom. The minimum absolute atomic E-state index is 0.289. The molecule has 8 heteroatoms. The molecule has 3 aromatic heterocycles. The highest BCUT2D eigenvalue weighted by atomic mass is 16.1. The topological polar surface area (TPSA) is 95.9 Å². The molecule has 34 heavy (non-hydrogen) atoms. The molecule has 8 nitrogen and oxygen atoms in total. The van der Waals surface area contributed by atoms with Crippen molar-refractivity contribution in [2.24, 2.45) is 0 Å². The van der Waals surface area contributed by atoms with E-state index in [0.717, 1.165) is 24.2 Å². The van der Waals surface area contributed by atoms with E-state index in [0.29, 0.717) is 28.5 Å². The third-order valence-corrected chi connectivity index (χ3v) is 5.80. The summed E-state index contributed by atoms with van der Waals surface area (Å²) in [6.07, 6.45) is 10.1.